The maximum atomic E-state index is 13.6. The molecular formula is C20H22FNO4. The first-order chi connectivity index (χ1) is 12.4. The lowest BCUT2D eigenvalue weighted by Crippen LogP contribution is -2.21. The van der Waals surface area contributed by atoms with Gasteiger partial charge >= 0.3 is 5.97 Å². The molecule has 2 aromatic carbocycles. The fraction of sp³-hybridized carbons (Fsp3) is 0.300. The lowest BCUT2D eigenvalue weighted by molar-refractivity contribution is -0.146. The Bertz CT molecular complexity index is 772. The van der Waals surface area contributed by atoms with Crippen molar-refractivity contribution in [1.29, 1.82) is 0 Å². The van der Waals surface area contributed by atoms with Crippen molar-refractivity contribution in [3.63, 3.8) is 0 Å². The number of halogens is 1. The van der Waals surface area contributed by atoms with E-state index in [1.807, 2.05) is 12.1 Å². The van der Waals surface area contributed by atoms with E-state index in [4.69, 9.17) is 9.47 Å². The summed E-state index contributed by atoms with van der Waals surface area (Å²) in [7, 11) is 1.36. The Morgan fingerprint density at radius 2 is 1.81 bits per heavy atom. The molecule has 2 rings (SSSR count). The zero-order valence-electron chi connectivity index (χ0n) is 15.0. The number of ether oxygens (including phenoxy) is 2. The first kappa shape index (κ1) is 19.4. The molecular weight excluding hydrogens is 337 g/mol. The Hall–Kier alpha value is -2.89. The van der Waals surface area contributed by atoms with Crippen molar-refractivity contribution < 1.29 is 23.5 Å². The molecule has 6 heteroatoms. The van der Waals surface area contributed by atoms with Crippen molar-refractivity contribution in [3.8, 4) is 5.75 Å². The van der Waals surface area contributed by atoms with Crippen LogP contribution in [-0.4, -0.2) is 25.6 Å². The molecule has 0 saturated heterocycles. The van der Waals surface area contributed by atoms with Crippen molar-refractivity contribution in [3.05, 3.63) is 59.4 Å². The Labute approximate surface area is 152 Å². The minimum atomic E-state index is -0.611. The van der Waals surface area contributed by atoms with Gasteiger partial charge in [0.2, 0.25) is 0 Å². The molecule has 5 nitrogen and oxygen atoms in total. The lowest BCUT2D eigenvalue weighted by Gasteiger charge is -2.09. The van der Waals surface area contributed by atoms with Crippen molar-refractivity contribution >= 4 is 17.6 Å². The van der Waals surface area contributed by atoms with Crippen LogP contribution in [0.15, 0.2) is 42.5 Å². The number of nitrogens with one attached hydrogen (secondary N) is 1. The maximum absolute atomic E-state index is 13.6. The van der Waals surface area contributed by atoms with Crippen LogP contribution in [0.2, 0.25) is 0 Å². The summed E-state index contributed by atoms with van der Waals surface area (Å²) in [5.41, 5.74) is 2.24. The van der Waals surface area contributed by atoms with Crippen LogP contribution < -0.4 is 10.1 Å². The molecule has 0 aliphatic heterocycles. The lowest BCUT2D eigenvalue weighted by atomic mass is 10.0. The van der Waals surface area contributed by atoms with E-state index >= 15 is 0 Å². The highest BCUT2D eigenvalue weighted by Gasteiger charge is 2.11. The molecule has 0 unspecified atom stereocenters. The number of methoxy groups -OCH3 is 1. The second-order valence-corrected chi connectivity index (χ2v) is 6.13. The van der Waals surface area contributed by atoms with Crippen LogP contribution in [0.1, 0.15) is 30.9 Å². The van der Waals surface area contributed by atoms with Gasteiger partial charge in [0.05, 0.1) is 13.5 Å². The second kappa shape index (κ2) is 8.99. The third-order valence-corrected chi connectivity index (χ3v) is 3.79. The van der Waals surface area contributed by atoms with E-state index in [1.54, 1.807) is 18.2 Å². The molecule has 1 N–H and O–H groups in total. The molecule has 0 spiro atoms. The summed E-state index contributed by atoms with van der Waals surface area (Å²) >= 11 is 0. The smallest absolute Gasteiger partial charge is 0.310 e. The summed E-state index contributed by atoms with van der Waals surface area (Å²) < 4.78 is 23.3. The Morgan fingerprint density at radius 1 is 1.12 bits per heavy atom. The Morgan fingerprint density at radius 3 is 2.38 bits per heavy atom. The zero-order chi connectivity index (χ0) is 19.1. The average Bonchev–Trinajstić information content (AvgIpc) is 2.60. The molecule has 0 aliphatic carbocycles. The van der Waals surface area contributed by atoms with Crippen molar-refractivity contribution in [2.45, 2.75) is 26.2 Å². The average molecular weight is 359 g/mol. The van der Waals surface area contributed by atoms with Gasteiger partial charge in [0, 0.05) is 5.69 Å². The fourth-order valence-electron chi connectivity index (χ4n) is 2.33. The van der Waals surface area contributed by atoms with E-state index in [0.717, 1.165) is 0 Å². The van der Waals surface area contributed by atoms with Gasteiger partial charge in [-0.25, -0.2) is 4.39 Å². The van der Waals surface area contributed by atoms with Gasteiger partial charge in [0.25, 0.3) is 5.91 Å². The number of benzene rings is 2. The van der Waals surface area contributed by atoms with E-state index < -0.39 is 24.3 Å². The van der Waals surface area contributed by atoms with Crippen LogP contribution in [0.3, 0.4) is 0 Å². The Balaban J connectivity index is 1.81. The van der Waals surface area contributed by atoms with Gasteiger partial charge in [-0.3, -0.25) is 9.59 Å². The number of carbonyl (C=O) groups excluding carboxylic acids is 2. The highest BCUT2D eigenvalue weighted by Crippen LogP contribution is 2.18. The number of carbonyl (C=O) groups is 2. The topological polar surface area (TPSA) is 64.6 Å². The number of hydrogen-bond donors (Lipinski definition) is 1. The van der Waals surface area contributed by atoms with E-state index in [-0.39, 0.29) is 12.2 Å². The standard InChI is InChI=1S/C20H22FNO4/c1-13(2)15-5-7-16(8-6-15)22-19(23)12-26-20(24)11-14-4-9-18(25-3)17(21)10-14/h4-10,13H,11-12H2,1-3H3,(H,22,23). The molecule has 26 heavy (non-hydrogen) atoms. The summed E-state index contributed by atoms with van der Waals surface area (Å²) in [6.07, 6.45) is -0.128. The molecule has 0 radical (unpaired) electrons. The van der Waals surface area contributed by atoms with Crippen molar-refractivity contribution in [2.75, 3.05) is 19.0 Å². The van der Waals surface area contributed by atoms with Crippen LogP contribution in [-0.2, 0) is 20.7 Å². The van der Waals surface area contributed by atoms with E-state index in [2.05, 4.69) is 19.2 Å². The van der Waals surface area contributed by atoms with E-state index in [0.29, 0.717) is 17.2 Å². The van der Waals surface area contributed by atoms with Crippen LogP contribution in [0, 0.1) is 5.82 Å². The minimum Gasteiger partial charge on any atom is -0.494 e. The quantitative estimate of drug-likeness (QED) is 0.766. The van der Waals surface area contributed by atoms with E-state index in [9.17, 15) is 14.0 Å². The summed E-state index contributed by atoms with van der Waals surface area (Å²) in [6, 6.07) is 11.7. The van der Waals surface area contributed by atoms with Crippen molar-refractivity contribution in [1.82, 2.24) is 0 Å². The third-order valence-electron chi connectivity index (χ3n) is 3.79. The number of rotatable bonds is 7. The molecule has 0 saturated carbocycles. The molecule has 0 heterocycles. The molecule has 0 aliphatic rings. The van der Waals surface area contributed by atoms with Crippen LogP contribution in [0.25, 0.3) is 0 Å². The molecule has 138 valence electrons. The number of esters is 1. The highest BCUT2D eigenvalue weighted by atomic mass is 19.1. The molecule has 2 aromatic rings. The van der Waals surface area contributed by atoms with Gasteiger partial charge in [0.15, 0.2) is 18.2 Å². The number of anilines is 1. The number of hydrogen-bond acceptors (Lipinski definition) is 4. The van der Waals surface area contributed by atoms with Gasteiger partial charge in [0.1, 0.15) is 0 Å². The predicted octanol–water partition coefficient (Wildman–Crippen LogP) is 3.68. The maximum Gasteiger partial charge on any atom is 0.310 e. The van der Waals surface area contributed by atoms with Crippen LogP contribution in [0.5, 0.6) is 5.75 Å². The van der Waals surface area contributed by atoms with E-state index in [1.165, 1.54) is 24.8 Å². The molecule has 0 fully saturated rings. The van der Waals surface area contributed by atoms with Gasteiger partial charge in [-0.1, -0.05) is 32.0 Å². The van der Waals surface area contributed by atoms with Gasteiger partial charge in [-0.15, -0.1) is 0 Å². The zero-order valence-corrected chi connectivity index (χ0v) is 15.0. The summed E-state index contributed by atoms with van der Waals surface area (Å²) in [6.45, 7) is 3.77. The molecule has 0 atom stereocenters. The second-order valence-electron chi connectivity index (χ2n) is 6.13. The van der Waals surface area contributed by atoms with Crippen molar-refractivity contribution in [2.24, 2.45) is 0 Å². The highest BCUT2D eigenvalue weighted by molar-refractivity contribution is 5.92. The summed E-state index contributed by atoms with van der Waals surface area (Å²) in [5.74, 6) is -1.09. The molecule has 1 amide bonds. The first-order valence-electron chi connectivity index (χ1n) is 8.27. The van der Waals surface area contributed by atoms with Crippen LogP contribution in [0.4, 0.5) is 10.1 Å². The minimum absolute atomic E-state index is 0.102. The summed E-state index contributed by atoms with van der Waals surface area (Å²) in [5, 5.41) is 2.66. The van der Waals surface area contributed by atoms with Gasteiger partial charge in [-0.05, 0) is 41.3 Å². The van der Waals surface area contributed by atoms with Crippen LogP contribution >= 0.6 is 0 Å². The monoisotopic (exact) mass is 359 g/mol. The Kier molecular flexibility index (Phi) is 6.72. The fourth-order valence-corrected chi connectivity index (χ4v) is 2.33. The van der Waals surface area contributed by atoms with Gasteiger partial charge in [-0.2, -0.15) is 0 Å². The molecule has 0 aromatic heterocycles. The SMILES string of the molecule is COc1ccc(CC(=O)OCC(=O)Nc2ccc(C(C)C)cc2)cc1F. The molecule has 0 bridgehead atoms. The number of amides is 1. The largest absolute Gasteiger partial charge is 0.494 e. The van der Waals surface area contributed by atoms with Gasteiger partial charge < -0.3 is 14.8 Å². The third kappa shape index (κ3) is 5.58. The predicted molar refractivity (Wildman–Crippen MR) is 96.8 cm³/mol. The normalized spacial score (nSPS) is 10.5. The first-order valence-corrected chi connectivity index (χ1v) is 8.27. The summed E-state index contributed by atoms with van der Waals surface area (Å²) in [4.78, 5) is 23.7.